The average Bonchev–Trinajstić information content (AvgIpc) is 3.42. The van der Waals surface area contributed by atoms with Crippen molar-refractivity contribution in [2.24, 2.45) is 0 Å². The molecule has 3 aromatic rings. The van der Waals surface area contributed by atoms with Crippen LogP contribution in [-0.2, 0) is 9.59 Å². The summed E-state index contributed by atoms with van der Waals surface area (Å²) in [5, 5.41) is 13.8. The van der Waals surface area contributed by atoms with Crippen molar-refractivity contribution in [1.82, 2.24) is 0 Å². The lowest BCUT2D eigenvalue weighted by molar-refractivity contribution is -0.132. The average molecular weight is 539 g/mol. The van der Waals surface area contributed by atoms with Gasteiger partial charge in [-0.2, -0.15) is 0 Å². The van der Waals surface area contributed by atoms with Gasteiger partial charge >= 0.3 is 0 Å². The molecule has 2 aromatic carbocycles. The molecule has 4 rings (SSSR count). The van der Waals surface area contributed by atoms with E-state index in [4.69, 9.17) is 44.3 Å². The Morgan fingerprint density at radius 1 is 1.03 bits per heavy atom. The molecule has 1 aliphatic heterocycles. The van der Waals surface area contributed by atoms with E-state index in [2.05, 4.69) is 0 Å². The molecule has 34 heavy (non-hydrogen) atoms. The number of ketones is 1. The first kappa shape index (κ1) is 24.4. The highest BCUT2D eigenvalue weighted by Gasteiger charge is 2.48. The summed E-state index contributed by atoms with van der Waals surface area (Å²) in [4.78, 5) is 28.5. The summed E-state index contributed by atoms with van der Waals surface area (Å²) in [5.41, 5.74) is 1.18. The first-order chi connectivity index (χ1) is 16.2. The predicted molar refractivity (Wildman–Crippen MR) is 135 cm³/mol. The van der Waals surface area contributed by atoms with Gasteiger partial charge in [0.05, 0.1) is 30.4 Å². The van der Waals surface area contributed by atoms with Crippen molar-refractivity contribution in [3.63, 3.8) is 0 Å². The largest absolute Gasteiger partial charge is 0.507 e. The van der Waals surface area contributed by atoms with E-state index in [1.807, 2.05) is 12.3 Å². The van der Waals surface area contributed by atoms with Crippen LogP contribution in [-0.4, -0.2) is 31.0 Å². The summed E-state index contributed by atoms with van der Waals surface area (Å²) >= 11 is 20.3. The number of Topliss-reactive ketones (excluding diaryl/α,β-unsaturated/α-hetero) is 1. The highest BCUT2D eigenvalue weighted by Crippen LogP contribution is 2.48. The number of anilines is 1. The van der Waals surface area contributed by atoms with Crippen LogP contribution >= 0.6 is 46.1 Å². The number of hydrogen-bond acceptors (Lipinski definition) is 6. The molecule has 0 saturated carbocycles. The topological polar surface area (TPSA) is 76.1 Å². The van der Waals surface area contributed by atoms with Crippen molar-refractivity contribution in [3.05, 3.63) is 78.4 Å². The Labute approximate surface area is 214 Å². The molecule has 1 atom stereocenters. The summed E-state index contributed by atoms with van der Waals surface area (Å²) in [7, 11) is 2.75. The molecular weight excluding hydrogens is 521 g/mol. The third-order valence-corrected chi connectivity index (χ3v) is 7.44. The van der Waals surface area contributed by atoms with E-state index < -0.39 is 23.5 Å². The molecule has 10 heteroatoms. The molecule has 0 radical (unpaired) electrons. The SMILES string of the molecule is COc1c(Cl)cc(/C(O)=C2/C(=O)C(=O)N(c3ccc(C)c(Cl)c3)C2c2cccs2)c(OC)c1Cl. The minimum absolute atomic E-state index is 0.0197. The van der Waals surface area contributed by atoms with Gasteiger partial charge in [0.1, 0.15) is 16.8 Å². The molecule has 0 bridgehead atoms. The number of aliphatic hydroxyl groups excluding tert-OH is 1. The third kappa shape index (κ3) is 3.92. The number of nitrogens with zero attached hydrogens (tertiary/aromatic N) is 1. The van der Waals surface area contributed by atoms with Crippen molar-refractivity contribution in [1.29, 1.82) is 0 Å². The molecule has 0 spiro atoms. The highest BCUT2D eigenvalue weighted by atomic mass is 35.5. The fraction of sp³-hybridized carbons (Fsp3) is 0.167. The van der Waals surface area contributed by atoms with Gasteiger partial charge in [0.25, 0.3) is 11.7 Å². The van der Waals surface area contributed by atoms with Crippen LogP contribution in [0.1, 0.15) is 22.0 Å². The number of ether oxygens (including phenoxy) is 2. The minimum Gasteiger partial charge on any atom is -0.507 e. The maximum Gasteiger partial charge on any atom is 0.300 e. The molecular formula is C24H18Cl3NO5S. The van der Waals surface area contributed by atoms with Crippen molar-refractivity contribution in [2.45, 2.75) is 13.0 Å². The normalized spacial score (nSPS) is 17.4. The Morgan fingerprint density at radius 3 is 2.32 bits per heavy atom. The maximum absolute atomic E-state index is 13.3. The second-order valence-corrected chi connectivity index (χ2v) is 9.58. The van der Waals surface area contributed by atoms with Crippen molar-refractivity contribution in [2.75, 3.05) is 19.1 Å². The number of aliphatic hydroxyl groups is 1. The second kappa shape index (κ2) is 9.50. The number of carbonyl (C=O) groups is 2. The number of methoxy groups -OCH3 is 2. The van der Waals surface area contributed by atoms with E-state index in [0.717, 1.165) is 5.56 Å². The number of rotatable bonds is 5. The van der Waals surface area contributed by atoms with E-state index in [1.54, 1.807) is 30.3 Å². The van der Waals surface area contributed by atoms with Crippen LogP contribution in [0.15, 0.2) is 47.4 Å². The van der Waals surface area contributed by atoms with Crippen molar-refractivity contribution in [3.8, 4) is 11.5 Å². The molecule has 1 N–H and O–H groups in total. The molecule has 1 unspecified atom stereocenters. The van der Waals surface area contributed by atoms with Crippen molar-refractivity contribution < 1.29 is 24.2 Å². The van der Waals surface area contributed by atoms with Crippen LogP contribution in [0.25, 0.3) is 5.76 Å². The highest BCUT2D eigenvalue weighted by molar-refractivity contribution is 7.10. The molecule has 1 saturated heterocycles. The summed E-state index contributed by atoms with van der Waals surface area (Å²) in [6.45, 7) is 1.83. The Balaban J connectivity index is 1.99. The Hall–Kier alpha value is -2.71. The standard InChI is InChI=1S/C24H18Cl3NO5S/c1-11-6-7-12(9-14(11)25)28-19(16-5-4-8-34-16)17(21(30)24(28)31)20(29)13-10-15(26)23(33-3)18(27)22(13)32-2/h4-10,19,29H,1-3H3/b20-17-. The molecule has 0 aliphatic carbocycles. The van der Waals surface area contributed by atoms with Gasteiger partial charge in [-0.3, -0.25) is 14.5 Å². The van der Waals surface area contributed by atoms with E-state index >= 15 is 0 Å². The van der Waals surface area contributed by atoms with Gasteiger partial charge < -0.3 is 14.6 Å². The van der Waals surface area contributed by atoms with Crippen LogP contribution < -0.4 is 14.4 Å². The number of benzene rings is 2. The maximum atomic E-state index is 13.3. The summed E-state index contributed by atoms with van der Waals surface area (Å²) in [6, 6.07) is 9.13. The van der Waals surface area contributed by atoms with Crippen LogP contribution in [0.2, 0.25) is 15.1 Å². The monoisotopic (exact) mass is 537 g/mol. The van der Waals surface area contributed by atoms with Gasteiger partial charge in [-0.1, -0.05) is 46.9 Å². The van der Waals surface area contributed by atoms with Gasteiger partial charge in [0.2, 0.25) is 0 Å². The number of carbonyl (C=O) groups excluding carboxylic acids is 2. The molecule has 6 nitrogen and oxygen atoms in total. The smallest absolute Gasteiger partial charge is 0.300 e. The fourth-order valence-corrected chi connectivity index (χ4v) is 5.52. The Kier molecular flexibility index (Phi) is 6.82. The predicted octanol–water partition coefficient (Wildman–Crippen LogP) is 6.66. The Bertz CT molecular complexity index is 1340. The zero-order valence-electron chi connectivity index (χ0n) is 18.2. The first-order valence-corrected chi connectivity index (χ1v) is 11.9. The Morgan fingerprint density at radius 2 is 1.74 bits per heavy atom. The lowest BCUT2D eigenvalue weighted by atomic mass is 9.99. The third-order valence-electron chi connectivity index (χ3n) is 5.49. The number of hydrogen-bond donors (Lipinski definition) is 1. The van der Waals surface area contributed by atoms with E-state index in [0.29, 0.717) is 15.6 Å². The zero-order valence-corrected chi connectivity index (χ0v) is 21.3. The van der Waals surface area contributed by atoms with Gasteiger partial charge in [0, 0.05) is 15.6 Å². The number of thiophene rings is 1. The van der Waals surface area contributed by atoms with Crippen LogP contribution in [0.3, 0.4) is 0 Å². The second-order valence-electron chi connectivity index (χ2n) is 7.40. The summed E-state index contributed by atoms with van der Waals surface area (Å²) < 4.78 is 10.6. The van der Waals surface area contributed by atoms with Gasteiger partial charge in [0.15, 0.2) is 11.5 Å². The van der Waals surface area contributed by atoms with Gasteiger partial charge in [-0.15, -0.1) is 11.3 Å². The van der Waals surface area contributed by atoms with Crippen LogP contribution in [0, 0.1) is 6.92 Å². The summed E-state index contributed by atoms with van der Waals surface area (Å²) in [6.07, 6.45) is 0. The number of aryl methyl sites for hydroxylation is 1. The van der Waals surface area contributed by atoms with Gasteiger partial charge in [-0.05, 0) is 42.1 Å². The zero-order chi connectivity index (χ0) is 24.7. The van der Waals surface area contributed by atoms with E-state index in [9.17, 15) is 14.7 Å². The van der Waals surface area contributed by atoms with Gasteiger partial charge in [-0.25, -0.2) is 0 Å². The molecule has 1 aliphatic rings. The molecule has 1 amide bonds. The molecule has 2 heterocycles. The number of halogens is 3. The number of amides is 1. The minimum atomic E-state index is -0.900. The lowest BCUT2D eigenvalue weighted by Gasteiger charge is -2.25. The fourth-order valence-electron chi connectivity index (χ4n) is 3.84. The molecule has 1 fully saturated rings. The van der Waals surface area contributed by atoms with Crippen LogP contribution in [0.5, 0.6) is 11.5 Å². The van der Waals surface area contributed by atoms with E-state index in [-0.39, 0.29) is 32.7 Å². The van der Waals surface area contributed by atoms with Crippen LogP contribution in [0.4, 0.5) is 5.69 Å². The molecule has 176 valence electrons. The lowest BCUT2D eigenvalue weighted by Crippen LogP contribution is -2.29. The van der Waals surface area contributed by atoms with E-state index in [1.165, 1.54) is 36.5 Å². The first-order valence-electron chi connectivity index (χ1n) is 9.92. The van der Waals surface area contributed by atoms with Crippen molar-refractivity contribution >= 4 is 69.3 Å². The molecule has 1 aromatic heterocycles. The quantitative estimate of drug-likeness (QED) is 0.223. The summed E-state index contributed by atoms with van der Waals surface area (Å²) in [5.74, 6) is -1.93.